The molecule has 3 heterocycles. The summed E-state index contributed by atoms with van der Waals surface area (Å²) in [6.07, 6.45) is 1.65. The van der Waals surface area contributed by atoms with Crippen molar-refractivity contribution in [1.29, 1.82) is 0 Å². The number of hydrogen-bond donors (Lipinski definition) is 1. The number of nitrogen functional groups attached to an aromatic ring is 1. The van der Waals surface area contributed by atoms with E-state index in [4.69, 9.17) is 20.2 Å². The average molecular weight is 467 g/mol. The summed E-state index contributed by atoms with van der Waals surface area (Å²) in [5.41, 5.74) is 8.44. The first-order valence-electron chi connectivity index (χ1n) is 11.3. The van der Waals surface area contributed by atoms with Gasteiger partial charge in [-0.15, -0.1) is 0 Å². The lowest BCUT2D eigenvalue weighted by Crippen LogP contribution is -2.53. The summed E-state index contributed by atoms with van der Waals surface area (Å²) in [7, 11) is 3.18. The smallest absolute Gasteiger partial charge is 0.320 e. The Balaban J connectivity index is 1.64. The van der Waals surface area contributed by atoms with Crippen molar-refractivity contribution in [3.05, 3.63) is 24.4 Å². The van der Waals surface area contributed by atoms with Gasteiger partial charge in [-0.05, 0) is 32.0 Å². The molecule has 1 fully saturated rings. The Bertz CT molecular complexity index is 1180. The van der Waals surface area contributed by atoms with Crippen LogP contribution in [0.3, 0.4) is 0 Å². The quantitative estimate of drug-likeness (QED) is 0.583. The molecule has 0 radical (unpaired) electrons. The van der Waals surface area contributed by atoms with E-state index in [9.17, 15) is 4.79 Å². The number of methoxy groups -OCH3 is 2. The molecule has 0 saturated carbocycles. The van der Waals surface area contributed by atoms with Crippen molar-refractivity contribution in [1.82, 2.24) is 29.7 Å². The number of fused-ring (bicyclic) bond motifs is 1. The van der Waals surface area contributed by atoms with Gasteiger partial charge in [-0.25, -0.2) is 14.8 Å². The maximum Gasteiger partial charge on any atom is 0.320 e. The van der Waals surface area contributed by atoms with Crippen LogP contribution in [0.15, 0.2) is 24.4 Å². The molecular formula is C23H30N8O3. The number of ether oxygens (including phenoxy) is 2. The number of piperazine rings is 1. The van der Waals surface area contributed by atoms with Gasteiger partial charge in [0.2, 0.25) is 5.95 Å². The van der Waals surface area contributed by atoms with Crippen molar-refractivity contribution in [2.24, 2.45) is 0 Å². The van der Waals surface area contributed by atoms with E-state index >= 15 is 0 Å². The maximum atomic E-state index is 12.7. The molecule has 0 spiro atoms. The number of rotatable bonds is 6. The van der Waals surface area contributed by atoms with Gasteiger partial charge in [-0.2, -0.15) is 9.97 Å². The summed E-state index contributed by atoms with van der Waals surface area (Å²) in [5.74, 6) is 1.99. The first-order chi connectivity index (χ1) is 16.5. The number of nitrogens with two attached hydrogens (primary N) is 1. The summed E-state index contributed by atoms with van der Waals surface area (Å²) in [6.45, 7) is 7.76. The molecule has 1 aromatic carbocycles. The molecule has 2 N–H and O–H groups in total. The van der Waals surface area contributed by atoms with E-state index in [1.165, 1.54) is 0 Å². The maximum absolute atomic E-state index is 12.7. The van der Waals surface area contributed by atoms with E-state index in [1.54, 1.807) is 20.4 Å². The molecule has 0 aliphatic carbocycles. The number of hydrogen-bond acceptors (Lipinski definition) is 9. The third-order valence-corrected chi connectivity index (χ3v) is 5.97. The first-order valence-corrected chi connectivity index (χ1v) is 11.3. The van der Waals surface area contributed by atoms with E-state index in [-0.39, 0.29) is 12.0 Å². The molecule has 11 nitrogen and oxygen atoms in total. The highest BCUT2D eigenvalue weighted by molar-refractivity contribution is 5.86. The molecule has 0 bridgehead atoms. The van der Waals surface area contributed by atoms with Crippen LogP contribution in [-0.2, 0) is 0 Å². The summed E-state index contributed by atoms with van der Waals surface area (Å²) in [5, 5.41) is 0. The molecule has 0 unspecified atom stereocenters. The summed E-state index contributed by atoms with van der Waals surface area (Å²) in [6, 6.07) is 5.63. The van der Waals surface area contributed by atoms with Crippen molar-refractivity contribution >= 4 is 29.0 Å². The number of urea groups is 1. The lowest BCUT2D eigenvalue weighted by molar-refractivity contribution is 0.154. The molecule has 34 heavy (non-hydrogen) atoms. The van der Waals surface area contributed by atoms with Gasteiger partial charge in [0, 0.05) is 44.8 Å². The van der Waals surface area contributed by atoms with Gasteiger partial charge in [0.25, 0.3) is 0 Å². The molecule has 3 aromatic rings. The molecule has 1 aliphatic heterocycles. The third kappa shape index (κ3) is 4.45. The zero-order valence-corrected chi connectivity index (χ0v) is 20.0. The van der Waals surface area contributed by atoms with Gasteiger partial charge in [-0.1, -0.05) is 0 Å². The highest BCUT2D eigenvalue weighted by Crippen LogP contribution is 2.32. The fourth-order valence-electron chi connectivity index (χ4n) is 4.07. The van der Waals surface area contributed by atoms with Gasteiger partial charge in [0.1, 0.15) is 0 Å². The Kier molecular flexibility index (Phi) is 6.80. The number of amides is 2. The van der Waals surface area contributed by atoms with Crippen molar-refractivity contribution in [3.63, 3.8) is 0 Å². The molecule has 0 atom stereocenters. The molecule has 2 aromatic heterocycles. The summed E-state index contributed by atoms with van der Waals surface area (Å²) < 4.78 is 10.8. The number of nitrogens with zero attached hydrogens (tertiary/aromatic N) is 7. The van der Waals surface area contributed by atoms with Crippen LogP contribution in [0.1, 0.15) is 13.8 Å². The predicted molar refractivity (Wildman–Crippen MR) is 130 cm³/mol. The standard InChI is InChI=1S/C23H30N8O3/c1-5-29(6-2)23(32)31-11-9-30(10-12-31)21-19-20(27-22(24)28-21)25-14-16(26-19)15-7-8-17(33-3)18(13-15)34-4/h7-8,13-14H,5-6,9-12H2,1-4H3,(H2,24,25,27,28). The second-order valence-corrected chi connectivity index (χ2v) is 7.83. The minimum Gasteiger partial charge on any atom is -0.493 e. The van der Waals surface area contributed by atoms with Crippen molar-refractivity contribution in [2.45, 2.75) is 13.8 Å². The van der Waals surface area contributed by atoms with Crippen LogP contribution < -0.4 is 20.1 Å². The van der Waals surface area contributed by atoms with Crippen LogP contribution >= 0.6 is 0 Å². The van der Waals surface area contributed by atoms with Gasteiger partial charge in [0.15, 0.2) is 28.5 Å². The molecule has 2 amide bonds. The monoisotopic (exact) mass is 466 g/mol. The fourth-order valence-corrected chi connectivity index (χ4v) is 4.07. The number of aromatic nitrogens is 4. The van der Waals surface area contributed by atoms with E-state index in [0.717, 1.165) is 5.56 Å². The van der Waals surface area contributed by atoms with Crippen molar-refractivity contribution < 1.29 is 14.3 Å². The van der Waals surface area contributed by atoms with Crippen LogP contribution in [0.5, 0.6) is 11.5 Å². The Hall–Kier alpha value is -3.89. The van der Waals surface area contributed by atoms with E-state index in [1.807, 2.05) is 41.8 Å². The van der Waals surface area contributed by atoms with Crippen LogP contribution in [0.25, 0.3) is 22.4 Å². The SMILES string of the molecule is CCN(CC)C(=O)N1CCN(c2nc(N)nc3ncc(-c4ccc(OC)c(OC)c4)nc23)CC1. The predicted octanol–water partition coefficient (Wildman–Crippen LogP) is 2.27. The lowest BCUT2D eigenvalue weighted by Gasteiger charge is -2.37. The molecular weight excluding hydrogens is 436 g/mol. The lowest BCUT2D eigenvalue weighted by atomic mass is 10.1. The second-order valence-electron chi connectivity index (χ2n) is 7.83. The zero-order chi connectivity index (χ0) is 24.2. The van der Waals surface area contributed by atoms with Crippen LogP contribution in [0, 0.1) is 0 Å². The second kappa shape index (κ2) is 9.94. The Morgan fingerprint density at radius 1 is 1.03 bits per heavy atom. The summed E-state index contributed by atoms with van der Waals surface area (Å²) in [4.78, 5) is 36.6. The van der Waals surface area contributed by atoms with E-state index in [2.05, 4.69) is 19.9 Å². The number of carbonyl (C=O) groups excluding carboxylic acids is 1. The minimum atomic E-state index is 0.0623. The van der Waals surface area contributed by atoms with E-state index < -0.39 is 0 Å². The minimum absolute atomic E-state index is 0.0623. The number of benzene rings is 1. The van der Waals surface area contributed by atoms with E-state index in [0.29, 0.717) is 73.4 Å². The van der Waals surface area contributed by atoms with Crippen LogP contribution in [0.4, 0.5) is 16.6 Å². The Morgan fingerprint density at radius 3 is 2.38 bits per heavy atom. The molecule has 1 aliphatic rings. The topological polar surface area (TPSA) is 123 Å². The van der Waals surface area contributed by atoms with Gasteiger partial charge < -0.3 is 29.9 Å². The van der Waals surface area contributed by atoms with Gasteiger partial charge in [-0.3, -0.25) is 0 Å². The molecule has 180 valence electrons. The average Bonchev–Trinajstić information content (AvgIpc) is 2.88. The highest BCUT2D eigenvalue weighted by Gasteiger charge is 2.26. The number of carbonyl (C=O) groups is 1. The molecule has 1 saturated heterocycles. The van der Waals surface area contributed by atoms with Crippen LogP contribution in [0.2, 0.25) is 0 Å². The molecule has 11 heteroatoms. The first kappa shape index (κ1) is 23.3. The highest BCUT2D eigenvalue weighted by atomic mass is 16.5. The molecule has 4 rings (SSSR count). The number of anilines is 2. The van der Waals surface area contributed by atoms with Gasteiger partial charge in [0.05, 0.1) is 26.1 Å². The van der Waals surface area contributed by atoms with Crippen molar-refractivity contribution in [3.8, 4) is 22.8 Å². The zero-order valence-electron chi connectivity index (χ0n) is 20.0. The third-order valence-electron chi connectivity index (χ3n) is 5.97. The fraction of sp³-hybridized carbons (Fsp3) is 0.435. The normalized spacial score (nSPS) is 13.8. The largest absolute Gasteiger partial charge is 0.493 e. The summed E-state index contributed by atoms with van der Waals surface area (Å²) >= 11 is 0. The van der Waals surface area contributed by atoms with Crippen molar-refractivity contribution in [2.75, 3.05) is 64.1 Å². The Morgan fingerprint density at radius 2 is 1.74 bits per heavy atom. The van der Waals surface area contributed by atoms with Gasteiger partial charge >= 0.3 is 6.03 Å². The Labute approximate surface area is 198 Å². The van der Waals surface area contributed by atoms with Crippen LogP contribution in [-0.4, -0.2) is 89.3 Å².